The third-order valence-electron chi connectivity index (χ3n) is 1.97. The lowest BCUT2D eigenvalue weighted by atomic mass is 10.0. The Labute approximate surface area is 84.7 Å². The lowest BCUT2D eigenvalue weighted by Gasteiger charge is -2.19. The van der Waals surface area contributed by atoms with E-state index in [0.717, 1.165) is 0 Å². The molecule has 5 nitrogen and oxygen atoms in total. The van der Waals surface area contributed by atoms with Crippen molar-refractivity contribution >= 4 is 15.7 Å². The molecule has 0 aromatic carbocycles. The minimum absolute atomic E-state index is 0.0557. The first-order valence-electron chi connectivity index (χ1n) is 4.48. The monoisotopic (exact) mass is 222 g/mol. The van der Waals surface area contributed by atoms with E-state index in [9.17, 15) is 9.00 Å². The molecule has 0 saturated heterocycles. The summed E-state index contributed by atoms with van der Waals surface area (Å²) >= 11 is 0. The van der Waals surface area contributed by atoms with Crippen molar-refractivity contribution < 1.29 is 14.1 Å². The third kappa shape index (κ3) is 4.57. The molecule has 14 heavy (non-hydrogen) atoms. The van der Waals surface area contributed by atoms with E-state index >= 15 is 0 Å². The predicted molar refractivity (Wildman–Crippen MR) is 55.7 cm³/mol. The van der Waals surface area contributed by atoms with Gasteiger partial charge >= 0.3 is 5.97 Å². The Kier molecular flexibility index (Phi) is 4.54. The number of hydrogen-bond acceptors (Lipinski definition) is 4. The van der Waals surface area contributed by atoms with Crippen LogP contribution in [0.3, 0.4) is 0 Å². The first-order chi connectivity index (χ1) is 6.21. The molecule has 0 radical (unpaired) electrons. The van der Waals surface area contributed by atoms with E-state index in [-0.39, 0.29) is 12.2 Å². The van der Waals surface area contributed by atoms with Gasteiger partial charge in [-0.05, 0) is 19.8 Å². The summed E-state index contributed by atoms with van der Waals surface area (Å²) in [6.07, 6.45) is 0.737. The zero-order valence-corrected chi connectivity index (χ0v) is 9.39. The fraction of sp³-hybridized carbons (Fsp3) is 0.875. The Bertz CT molecular complexity index is 296. The predicted octanol–water partition coefficient (Wildman–Crippen LogP) is 0.635. The van der Waals surface area contributed by atoms with E-state index in [2.05, 4.69) is 0 Å². The molecule has 0 spiro atoms. The largest absolute Gasteiger partial charge is 0.480 e. The summed E-state index contributed by atoms with van der Waals surface area (Å²) in [6.45, 7) is 3.21. The van der Waals surface area contributed by atoms with Gasteiger partial charge in [-0.3, -0.25) is 9.57 Å². The van der Waals surface area contributed by atoms with Gasteiger partial charge in [0.1, 0.15) is 5.54 Å². The number of carboxylic acid groups (broad SMARTS) is 1. The summed E-state index contributed by atoms with van der Waals surface area (Å²) in [5.74, 6) is -0.757. The first-order valence-corrected chi connectivity index (χ1v) is 6.37. The Morgan fingerprint density at radius 2 is 2.07 bits per heavy atom. The Balaban J connectivity index is 4.26. The van der Waals surface area contributed by atoms with Crippen molar-refractivity contribution in [2.24, 2.45) is 5.73 Å². The molecule has 0 aliphatic carbocycles. The van der Waals surface area contributed by atoms with Gasteiger partial charge < -0.3 is 10.8 Å². The number of hydrogen-bond donors (Lipinski definition) is 3. The summed E-state index contributed by atoms with van der Waals surface area (Å²) < 4.78 is 18.9. The van der Waals surface area contributed by atoms with E-state index in [1.54, 1.807) is 0 Å². The Morgan fingerprint density at radius 3 is 2.43 bits per heavy atom. The van der Waals surface area contributed by atoms with Crippen molar-refractivity contribution in [3.63, 3.8) is 0 Å². The van der Waals surface area contributed by atoms with Gasteiger partial charge in [0, 0.05) is 21.2 Å². The van der Waals surface area contributed by atoms with Crippen LogP contribution in [0.4, 0.5) is 0 Å². The summed E-state index contributed by atoms with van der Waals surface area (Å²) in [7, 11) is -2.64. The number of aliphatic carboxylic acids is 1. The average molecular weight is 222 g/mol. The molecule has 0 aromatic rings. The molecule has 84 valence electrons. The molecule has 0 amide bonds. The Hall–Kier alpha value is -0.620. The normalized spacial score (nSPS) is 19.6. The molecule has 0 aliphatic rings. The van der Waals surface area contributed by atoms with Gasteiger partial charge in [0.2, 0.25) is 0 Å². The zero-order chi connectivity index (χ0) is 11.4. The molecule has 4 N–H and O–H groups in total. The quantitative estimate of drug-likeness (QED) is 0.613. The van der Waals surface area contributed by atoms with Gasteiger partial charge in [-0.2, -0.15) is 0 Å². The highest BCUT2D eigenvalue weighted by Crippen LogP contribution is 2.09. The zero-order valence-electron chi connectivity index (χ0n) is 8.58. The fourth-order valence-electron chi connectivity index (χ4n) is 0.916. The number of rotatable bonds is 6. The van der Waals surface area contributed by atoms with Crippen LogP contribution in [0, 0.1) is 4.78 Å². The van der Waals surface area contributed by atoms with E-state index in [0.29, 0.717) is 12.2 Å². The van der Waals surface area contributed by atoms with Crippen molar-refractivity contribution in [2.75, 3.05) is 11.5 Å². The van der Waals surface area contributed by atoms with Crippen LogP contribution < -0.4 is 5.73 Å². The standard InChI is InChI=1S/C8H18N2O3S/c1-3-5-14(10,13)6-4-8(2,9)7(11)12/h10H,3-6,9H2,1-2H3,(H,11,12)/t8-,14?/m0/s1. The van der Waals surface area contributed by atoms with E-state index in [1.807, 2.05) is 6.92 Å². The molecule has 1 unspecified atom stereocenters. The van der Waals surface area contributed by atoms with E-state index < -0.39 is 21.2 Å². The molecular weight excluding hydrogens is 204 g/mol. The van der Waals surface area contributed by atoms with Crippen LogP contribution in [0.2, 0.25) is 0 Å². The molecule has 0 aliphatic heterocycles. The van der Waals surface area contributed by atoms with Crippen LogP contribution in [0.5, 0.6) is 0 Å². The van der Waals surface area contributed by atoms with Crippen LogP contribution in [-0.2, 0) is 14.5 Å². The van der Waals surface area contributed by atoms with Gasteiger partial charge in [-0.25, -0.2) is 4.21 Å². The SMILES string of the molecule is CCCS(=N)(=O)CC[C@](C)(N)C(=O)O. The van der Waals surface area contributed by atoms with Crippen molar-refractivity contribution in [1.29, 1.82) is 4.78 Å². The molecule has 6 heteroatoms. The summed E-state index contributed by atoms with van der Waals surface area (Å²) in [5.41, 5.74) is 4.08. The van der Waals surface area contributed by atoms with E-state index in [4.69, 9.17) is 15.6 Å². The van der Waals surface area contributed by atoms with Gasteiger partial charge in [-0.1, -0.05) is 6.92 Å². The minimum atomic E-state index is -2.64. The molecule has 0 saturated carbocycles. The average Bonchev–Trinajstić information content (AvgIpc) is 2.01. The second kappa shape index (κ2) is 4.75. The molecule has 0 rings (SSSR count). The summed E-state index contributed by atoms with van der Waals surface area (Å²) in [6, 6.07) is 0. The molecule has 2 atom stereocenters. The number of carbonyl (C=O) groups is 1. The molecule has 0 bridgehead atoms. The van der Waals surface area contributed by atoms with Crippen LogP contribution in [-0.4, -0.2) is 32.3 Å². The number of nitrogens with two attached hydrogens (primary N) is 1. The maximum Gasteiger partial charge on any atom is 0.323 e. The Morgan fingerprint density at radius 1 is 1.57 bits per heavy atom. The van der Waals surface area contributed by atoms with Crippen LogP contribution >= 0.6 is 0 Å². The highest BCUT2D eigenvalue weighted by Gasteiger charge is 2.28. The van der Waals surface area contributed by atoms with Crippen molar-refractivity contribution in [1.82, 2.24) is 0 Å². The summed E-state index contributed by atoms with van der Waals surface area (Å²) in [5, 5.41) is 8.69. The van der Waals surface area contributed by atoms with Gasteiger partial charge in [-0.15, -0.1) is 0 Å². The topological polar surface area (TPSA) is 104 Å². The van der Waals surface area contributed by atoms with E-state index in [1.165, 1.54) is 6.92 Å². The minimum Gasteiger partial charge on any atom is -0.480 e. The first kappa shape index (κ1) is 13.4. The maximum atomic E-state index is 11.5. The van der Waals surface area contributed by atoms with Crippen molar-refractivity contribution in [3.8, 4) is 0 Å². The maximum absolute atomic E-state index is 11.5. The van der Waals surface area contributed by atoms with Crippen LogP contribution in [0.1, 0.15) is 26.7 Å². The highest BCUT2D eigenvalue weighted by molar-refractivity contribution is 7.92. The summed E-state index contributed by atoms with van der Waals surface area (Å²) in [4.78, 5) is 10.6. The van der Waals surface area contributed by atoms with Gasteiger partial charge in [0.25, 0.3) is 0 Å². The lowest BCUT2D eigenvalue weighted by molar-refractivity contribution is -0.142. The highest BCUT2D eigenvalue weighted by atomic mass is 32.2. The van der Waals surface area contributed by atoms with Crippen molar-refractivity contribution in [2.45, 2.75) is 32.2 Å². The van der Waals surface area contributed by atoms with Crippen molar-refractivity contribution in [3.05, 3.63) is 0 Å². The smallest absolute Gasteiger partial charge is 0.323 e. The fourth-order valence-corrected chi connectivity index (χ4v) is 2.53. The van der Waals surface area contributed by atoms with Gasteiger partial charge in [0.05, 0.1) is 0 Å². The number of nitrogens with one attached hydrogen (secondary N) is 1. The third-order valence-corrected chi connectivity index (χ3v) is 3.90. The van der Waals surface area contributed by atoms with Crippen LogP contribution in [0.15, 0.2) is 0 Å². The second-order valence-electron chi connectivity index (χ2n) is 3.69. The second-order valence-corrected chi connectivity index (χ2v) is 6.13. The van der Waals surface area contributed by atoms with Gasteiger partial charge in [0.15, 0.2) is 0 Å². The van der Waals surface area contributed by atoms with Crippen LogP contribution in [0.25, 0.3) is 0 Å². The molecule has 0 heterocycles. The number of carboxylic acids is 1. The molecule has 0 fully saturated rings. The molecule has 0 aromatic heterocycles. The molecular formula is C8H18N2O3S. The lowest BCUT2D eigenvalue weighted by Crippen LogP contribution is -2.46.